The predicted molar refractivity (Wildman–Crippen MR) is 226 cm³/mol. The van der Waals surface area contributed by atoms with E-state index >= 15 is 0 Å². The molecule has 0 aromatic carbocycles. The molecule has 2 aromatic heterocycles. The molecule has 4 rings (SSSR count). The Kier molecular flexibility index (Phi) is 15.7. The summed E-state index contributed by atoms with van der Waals surface area (Å²) in [6, 6.07) is -1.27. The van der Waals surface area contributed by atoms with E-state index in [9.17, 15) is 19.2 Å². The third kappa shape index (κ3) is 15.5. The van der Waals surface area contributed by atoms with Crippen LogP contribution in [-0.4, -0.2) is 127 Å². The van der Waals surface area contributed by atoms with E-state index in [0.29, 0.717) is 43.6 Å². The highest BCUT2D eigenvalue weighted by molar-refractivity contribution is 5.93. The van der Waals surface area contributed by atoms with Crippen molar-refractivity contribution in [1.29, 1.82) is 0 Å². The molecule has 3 amide bonds. The Balaban J connectivity index is 1.64. The maximum Gasteiger partial charge on any atom is 0.413 e. The fraction of sp³-hybridized carbons (Fsp3) is 0.786. The number of rotatable bonds is 15. The first kappa shape index (κ1) is 49.3. The summed E-state index contributed by atoms with van der Waals surface area (Å²) in [7, 11) is 0. The number of aromatic nitrogens is 4. The van der Waals surface area contributed by atoms with Crippen LogP contribution in [0.3, 0.4) is 0 Å². The standard InChI is InChI=1S/C42H70N8O11/c1-16-17-25(46-35(52)59-39(5,6)7)18-20-49(21-19-26(34(51)58-38(2,3)4)47-36(53)60-40(8,9)10)22-27-29-30(57-42(14,15)56-29)33(55-27)50-24-45-28-31(43-23-44-32(28)50)48-37(54)61-41(11,12)13/h23-27,29-30,33H,16-22H2,1-15H3,(H,46,52)(H,47,53)(H,43,44,48,54)/t25?,26-,27+,29+,30+,33+/m0/s1. The van der Waals surface area contributed by atoms with Gasteiger partial charge in [-0.3, -0.25) is 9.88 Å². The van der Waals surface area contributed by atoms with Crippen molar-refractivity contribution in [2.24, 2.45) is 0 Å². The van der Waals surface area contributed by atoms with Gasteiger partial charge in [-0.15, -0.1) is 0 Å². The van der Waals surface area contributed by atoms with Gasteiger partial charge in [0.1, 0.15) is 53.1 Å². The number of nitrogens with one attached hydrogen (secondary N) is 3. The molecule has 2 saturated heterocycles. The number of carbonyl (C=O) groups is 4. The van der Waals surface area contributed by atoms with Crippen molar-refractivity contribution in [3.05, 3.63) is 12.7 Å². The van der Waals surface area contributed by atoms with Gasteiger partial charge in [-0.2, -0.15) is 0 Å². The van der Waals surface area contributed by atoms with Crippen LogP contribution in [0.5, 0.6) is 0 Å². The van der Waals surface area contributed by atoms with E-state index in [1.807, 2.05) is 41.5 Å². The molecule has 4 heterocycles. The Bertz CT molecular complexity index is 1830. The SMILES string of the molecule is CCCC(CCN(CC[C@H](NC(=O)OC(C)(C)C)C(=O)OC(C)(C)C)C[C@H]1O[C@@H](n2cnc3c(NC(=O)OC(C)(C)C)ncnc32)[C@@H]2OC(C)(C)O[C@@H]21)NC(=O)OC(C)(C)C. The van der Waals surface area contributed by atoms with Crippen molar-refractivity contribution in [2.75, 3.05) is 25.0 Å². The average Bonchev–Trinajstić information content (AvgIpc) is 3.73. The topological polar surface area (TPSA) is 216 Å². The van der Waals surface area contributed by atoms with Crippen LogP contribution in [0.1, 0.15) is 136 Å². The minimum absolute atomic E-state index is 0.162. The zero-order valence-corrected chi connectivity index (χ0v) is 38.8. The Hall–Kier alpha value is -4.33. The van der Waals surface area contributed by atoms with Crippen LogP contribution in [0, 0.1) is 0 Å². The van der Waals surface area contributed by atoms with Crippen molar-refractivity contribution in [2.45, 2.75) is 194 Å². The van der Waals surface area contributed by atoms with E-state index in [-0.39, 0.29) is 18.3 Å². The van der Waals surface area contributed by atoms with E-state index in [1.165, 1.54) is 6.33 Å². The monoisotopic (exact) mass is 863 g/mol. The van der Waals surface area contributed by atoms with Gasteiger partial charge in [0, 0.05) is 25.7 Å². The van der Waals surface area contributed by atoms with Gasteiger partial charge in [0.2, 0.25) is 0 Å². The number of alkyl carbamates (subject to hydrolysis) is 2. The van der Waals surface area contributed by atoms with Crippen molar-refractivity contribution in [3.8, 4) is 0 Å². The molecule has 0 radical (unpaired) electrons. The summed E-state index contributed by atoms with van der Waals surface area (Å²) in [4.78, 5) is 67.5. The smallest absolute Gasteiger partial charge is 0.413 e. The van der Waals surface area contributed by atoms with Gasteiger partial charge < -0.3 is 48.7 Å². The Morgan fingerprint density at radius 3 is 1.90 bits per heavy atom. The number of imidazole rings is 1. The molecule has 2 aromatic rings. The number of carbonyl (C=O) groups excluding carboxylic acids is 4. The Labute approximate surface area is 360 Å². The van der Waals surface area contributed by atoms with E-state index in [4.69, 9.17) is 33.2 Å². The maximum absolute atomic E-state index is 13.6. The molecule has 0 bridgehead atoms. The highest BCUT2D eigenvalue weighted by atomic mass is 16.8. The number of nitrogens with zero attached hydrogens (tertiary/aromatic N) is 5. The minimum atomic E-state index is -1.04. The van der Waals surface area contributed by atoms with Gasteiger partial charge in [-0.1, -0.05) is 13.3 Å². The highest BCUT2D eigenvalue weighted by Crippen LogP contribution is 2.44. The summed E-state index contributed by atoms with van der Waals surface area (Å²) in [5.41, 5.74) is -2.29. The van der Waals surface area contributed by atoms with Crippen LogP contribution < -0.4 is 16.0 Å². The Morgan fingerprint density at radius 1 is 0.754 bits per heavy atom. The number of esters is 1. The average molecular weight is 863 g/mol. The van der Waals surface area contributed by atoms with Gasteiger partial charge in [0.25, 0.3) is 0 Å². The van der Waals surface area contributed by atoms with Gasteiger partial charge in [0.05, 0.1) is 6.33 Å². The highest BCUT2D eigenvalue weighted by Gasteiger charge is 2.56. The first-order valence-corrected chi connectivity index (χ1v) is 21.1. The molecule has 0 saturated carbocycles. The van der Waals surface area contributed by atoms with Crippen molar-refractivity contribution in [3.63, 3.8) is 0 Å². The lowest BCUT2D eigenvalue weighted by molar-refractivity contribution is -0.198. The van der Waals surface area contributed by atoms with Crippen molar-refractivity contribution in [1.82, 2.24) is 35.1 Å². The van der Waals surface area contributed by atoms with Gasteiger partial charge in [-0.05, 0) is 116 Å². The summed E-state index contributed by atoms with van der Waals surface area (Å²) in [5, 5.41) is 8.42. The van der Waals surface area contributed by atoms with Crippen LogP contribution >= 0.6 is 0 Å². The second-order valence-corrected chi connectivity index (χ2v) is 20.0. The number of anilines is 1. The maximum atomic E-state index is 13.6. The lowest BCUT2D eigenvalue weighted by atomic mass is 10.1. The van der Waals surface area contributed by atoms with Gasteiger partial charge in [0.15, 0.2) is 29.0 Å². The van der Waals surface area contributed by atoms with Gasteiger partial charge in [-0.25, -0.2) is 34.1 Å². The number of ether oxygens (including phenoxy) is 7. The number of hydrogen-bond acceptors (Lipinski definition) is 15. The largest absolute Gasteiger partial charge is 0.458 e. The van der Waals surface area contributed by atoms with Crippen molar-refractivity contribution >= 4 is 41.2 Å². The minimum Gasteiger partial charge on any atom is -0.458 e. The molecule has 0 aliphatic carbocycles. The second-order valence-electron chi connectivity index (χ2n) is 20.0. The molecule has 61 heavy (non-hydrogen) atoms. The van der Waals surface area contributed by atoms with Crippen LogP contribution in [0.4, 0.5) is 20.2 Å². The summed E-state index contributed by atoms with van der Waals surface area (Å²) < 4.78 is 43.7. The second kappa shape index (κ2) is 19.4. The number of hydrogen-bond donors (Lipinski definition) is 3. The lowest BCUT2D eigenvalue weighted by Crippen LogP contribution is -2.49. The molecular formula is C42H70N8O11. The van der Waals surface area contributed by atoms with E-state index in [0.717, 1.165) is 6.42 Å². The molecule has 19 heteroatoms. The van der Waals surface area contributed by atoms with Crippen LogP contribution in [0.25, 0.3) is 11.2 Å². The quantitative estimate of drug-likeness (QED) is 0.127. The molecule has 3 N–H and O–H groups in total. The van der Waals surface area contributed by atoms with Gasteiger partial charge >= 0.3 is 24.2 Å². The third-order valence-electron chi connectivity index (χ3n) is 9.08. The summed E-state index contributed by atoms with van der Waals surface area (Å²) >= 11 is 0. The first-order valence-electron chi connectivity index (χ1n) is 21.1. The predicted octanol–water partition coefficient (Wildman–Crippen LogP) is 6.60. The molecule has 19 nitrogen and oxygen atoms in total. The van der Waals surface area contributed by atoms with Crippen molar-refractivity contribution < 1.29 is 52.3 Å². The molecule has 344 valence electrons. The molecule has 2 fully saturated rings. The molecule has 6 atom stereocenters. The van der Waals surface area contributed by atoms with Crippen LogP contribution in [0.15, 0.2) is 12.7 Å². The summed E-state index contributed by atoms with van der Waals surface area (Å²) in [5.74, 6) is -1.40. The summed E-state index contributed by atoms with van der Waals surface area (Å²) in [6.45, 7) is 28.0. The fourth-order valence-corrected chi connectivity index (χ4v) is 6.94. The van der Waals surface area contributed by atoms with E-state index in [1.54, 1.807) is 73.2 Å². The Morgan fingerprint density at radius 2 is 1.31 bits per heavy atom. The third-order valence-corrected chi connectivity index (χ3v) is 9.08. The van der Waals surface area contributed by atoms with E-state index in [2.05, 4.69) is 35.8 Å². The molecule has 1 unspecified atom stereocenters. The first-order chi connectivity index (χ1) is 28.0. The zero-order valence-electron chi connectivity index (χ0n) is 38.8. The lowest BCUT2D eigenvalue weighted by Gasteiger charge is -2.32. The summed E-state index contributed by atoms with van der Waals surface area (Å²) in [6.07, 6.45) is 0.681. The molecular weight excluding hydrogens is 793 g/mol. The van der Waals surface area contributed by atoms with Crippen LogP contribution in [-0.2, 0) is 38.0 Å². The molecule has 0 spiro atoms. The molecule has 2 aliphatic rings. The number of amides is 3. The van der Waals surface area contributed by atoms with E-state index < -0.39 is 83.0 Å². The normalized spacial score (nSPS) is 21.4. The number of fused-ring (bicyclic) bond motifs is 2. The van der Waals surface area contributed by atoms with Crippen LogP contribution in [0.2, 0.25) is 0 Å². The fourth-order valence-electron chi connectivity index (χ4n) is 6.94. The zero-order chi connectivity index (χ0) is 45.7. The molecule has 2 aliphatic heterocycles.